The number of imidazole rings is 1. The zero-order valence-electron chi connectivity index (χ0n) is 15.2. The van der Waals surface area contributed by atoms with Crippen molar-refractivity contribution in [2.75, 3.05) is 18.1 Å². The Hall–Kier alpha value is -2.61. The van der Waals surface area contributed by atoms with E-state index in [1.54, 1.807) is 27.7 Å². The molecule has 7 nitrogen and oxygen atoms in total. The third-order valence-corrected chi connectivity index (χ3v) is 4.52. The van der Waals surface area contributed by atoms with Gasteiger partial charge in [0.25, 0.3) is 5.91 Å². The highest BCUT2D eigenvalue weighted by Crippen LogP contribution is 2.18. The molecule has 0 radical (unpaired) electrons. The van der Waals surface area contributed by atoms with E-state index in [-0.39, 0.29) is 5.91 Å². The second kappa shape index (κ2) is 8.39. The molecular weight excluding hydrogens is 364 g/mol. The topological polar surface area (TPSA) is 102 Å². The van der Waals surface area contributed by atoms with Gasteiger partial charge in [0.15, 0.2) is 0 Å². The summed E-state index contributed by atoms with van der Waals surface area (Å²) in [7, 11) is 0. The number of pyridine rings is 1. The summed E-state index contributed by atoms with van der Waals surface area (Å²) in [5.74, 6) is 5.72. The lowest BCUT2D eigenvalue weighted by Crippen LogP contribution is -2.35. The third-order valence-electron chi connectivity index (χ3n) is 4.30. The monoisotopic (exact) mass is 386 g/mol. The molecule has 2 aromatic heterocycles. The Balaban J connectivity index is 1.74. The second-order valence-electron chi connectivity index (χ2n) is 6.17. The van der Waals surface area contributed by atoms with E-state index in [1.807, 2.05) is 31.2 Å². The quantitative estimate of drug-likeness (QED) is 0.426. The van der Waals surface area contributed by atoms with E-state index in [2.05, 4.69) is 10.3 Å². The summed E-state index contributed by atoms with van der Waals surface area (Å²) in [4.78, 5) is 17.3. The number of nitrogens with zero attached hydrogens (tertiary/aromatic N) is 3. The van der Waals surface area contributed by atoms with Crippen LogP contribution in [0.15, 0.2) is 42.6 Å². The summed E-state index contributed by atoms with van der Waals surface area (Å²) in [6.45, 7) is 3.43. The van der Waals surface area contributed by atoms with Crippen LogP contribution < -0.4 is 21.9 Å². The zero-order valence-corrected chi connectivity index (χ0v) is 15.9. The van der Waals surface area contributed by atoms with Crippen LogP contribution in [0.5, 0.6) is 0 Å². The van der Waals surface area contributed by atoms with E-state index >= 15 is 0 Å². The number of anilines is 1. The van der Waals surface area contributed by atoms with Crippen molar-refractivity contribution in [3.8, 4) is 0 Å². The van der Waals surface area contributed by atoms with E-state index in [0.717, 1.165) is 16.9 Å². The number of benzene rings is 1. The van der Waals surface area contributed by atoms with Crippen LogP contribution in [0.1, 0.15) is 28.7 Å². The first-order valence-corrected chi connectivity index (χ1v) is 9.17. The fraction of sp³-hybridized carbons (Fsp3) is 0.263. The fourth-order valence-electron chi connectivity index (χ4n) is 2.89. The van der Waals surface area contributed by atoms with Gasteiger partial charge in [-0.2, -0.15) is 0 Å². The number of aryl methyl sites for hydroxylation is 1. The van der Waals surface area contributed by atoms with Crippen molar-refractivity contribution in [1.29, 1.82) is 0 Å². The number of amides is 1. The Morgan fingerprint density at radius 3 is 2.67 bits per heavy atom. The summed E-state index contributed by atoms with van der Waals surface area (Å²) in [6.07, 6.45) is 2.37. The molecule has 8 heteroatoms. The largest absolute Gasteiger partial charge is 0.347 e. The number of nitrogens with two attached hydrogens (primary N) is 2. The molecule has 2 heterocycles. The molecule has 0 saturated carbocycles. The summed E-state index contributed by atoms with van der Waals surface area (Å²) in [5.41, 5.74) is 9.32. The molecule has 1 amide bonds. The average Bonchev–Trinajstić information content (AvgIpc) is 3.04. The Morgan fingerprint density at radius 2 is 2.00 bits per heavy atom. The molecule has 0 aliphatic carbocycles. The maximum Gasteiger partial charge on any atom is 0.270 e. The molecular formula is C19H23ClN6O. The lowest BCUT2D eigenvalue weighted by molar-refractivity contribution is 0.0944. The van der Waals surface area contributed by atoms with Crippen molar-refractivity contribution in [3.63, 3.8) is 0 Å². The first kappa shape index (κ1) is 19.2. The fourth-order valence-corrected chi connectivity index (χ4v) is 3.05. The van der Waals surface area contributed by atoms with Crippen LogP contribution in [-0.4, -0.2) is 28.4 Å². The predicted octanol–water partition coefficient (Wildman–Crippen LogP) is 2.12. The van der Waals surface area contributed by atoms with Crippen LogP contribution in [0.3, 0.4) is 0 Å². The summed E-state index contributed by atoms with van der Waals surface area (Å²) in [5, 5.41) is 5.10. The molecule has 0 unspecified atom stereocenters. The molecule has 27 heavy (non-hydrogen) atoms. The number of hydrogen-bond donors (Lipinski definition) is 3. The maximum absolute atomic E-state index is 12.8. The molecule has 0 saturated heterocycles. The molecule has 1 aromatic carbocycles. The minimum absolute atomic E-state index is 0.186. The molecule has 5 N–H and O–H groups in total. The van der Waals surface area contributed by atoms with Crippen molar-refractivity contribution in [1.82, 2.24) is 14.7 Å². The number of hydrogen-bond acceptors (Lipinski definition) is 5. The smallest absolute Gasteiger partial charge is 0.270 e. The summed E-state index contributed by atoms with van der Waals surface area (Å²) < 4.78 is 1.73. The van der Waals surface area contributed by atoms with Gasteiger partial charge >= 0.3 is 0 Å². The number of rotatable bonds is 7. The van der Waals surface area contributed by atoms with Crippen molar-refractivity contribution in [3.05, 3.63) is 64.6 Å². The zero-order chi connectivity index (χ0) is 19.4. The van der Waals surface area contributed by atoms with Gasteiger partial charge in [0.05, 0.1) is 16.4 Å². The number of hydrazine groups is 1. The van der Waals surface area contributed by atoms with Gasteiger partial charge in [0, 0.05) is 25.8 Å². The molecule has 0 fully saturated rings. The maximum atomic E-state index is 12.8. The Labute approximate surface area is 162 Å². The van der Waals surface area contributed by atoms with Crippen molar-refractivity contribution in [2.24, 2.45) is 11.6 Å². The number of aromatic nitrogens is 2. The number of carbonyl (C=O) groups excluding carboxylic acids is 1. The van der Waals surface area contributed by atoms with Gasteiger partial charge in [0.1, 0.15) is 11.3 Å². The van der Waals surface area contributed by atoms with Crippen LogP contribution in [0.25, 0.3) is 5.65 Å². The lowest BCUT2D eigenvalue weighted by Gasteiger charge is -2.17. The van der Waals surface area contributed by atoms with Crippen LogP contribution >= 0.6 is 11.6 Å². The van der Waals surface area contributed by atoms with Gasteiger partial charge in [-0.3, -0.25) is 9.20 Å². The Bertz CT molecular complexity index is 937. The van der Waals surface area contributed by atoms with E-state index in [9.17, 15) is 4.79 Å². The van der Waals surface area contributed by atoms with Gasteiger partial charge in [-0.25, -0.2) is 10.8 Å². The molecule has 0 bridgehead atoms. The molecule has 3 rings (SSSR count). The van der Waals surface area contributed by atoms with Gasteiger partial charge < -0.3 is 16.1 Å². The number of fused-ring (bicyclic) bond motifs is 1. The second-order valence-corrected chi connectivity index (χ2v) is 6.60. The molecule has 0 spiro atoms. The molecule has 0 aliphatic rings. The minimum atomic E-state index is -0.186. The van der Waals surface area contributed by atoms with Gasteiger partial charge in [0.2, 0.25) is 0 Å². The van der Waals surface area contributed by atoms with Gasteiger partial charge in [-0.15, -0.1) is 0 Å². The van der Waals surface area contributed by atoms with Crippen molar-refractivity contribution in [2.45, 2.75) is 19.9 Å². The first-order chi connectivity index (χ1) is 13.0. The van der Waals surface area contributed by atoms with Crippen molar-refractivity contribution >= 4 is 28.8 Å². The number of nitrogens with one attached hydrogen (secondary N) is 1. The van der Waals surface area contributed by atoms with Crippen LogP contribution in [0.4, 0.5) is 5.69 Å². The first-order valence-electron chi connectivity index (χ1n) is 8.79. The lowest BCUT2D eigenvalue weighted by atomic mass is 10.2. The van der Waals surface area contributed by atoms with E-state index in [1.165, 1.54) is 0 Å². The molecule has 0 atom stereocenters. The molecule has 142 valence electrons. The van der Waals surface area contributed by atoms with Crippen molar-refractivity contribution < 1.29 is 4.79 Å². The number of halogens is 1. The Kier molecular flexibility index (Phi) is 5.95. The normalized spacial score (nSPS) is 11.0. The standard InChI is InChI=1S/C19H23ClN6O/c1-2-16-18(25-12-14(20)5-8-17(25)24-16)19(27)23-11-13-3-6-15(7-4-13)26(22)10-9-21/h3-8,12H,2,9-11,21-22H2,1H3,(H,23,27). The summed E-state index contributed by atoms with van der Waals surface area (Å²) in [6, 6.07) is 11.2. The predicted molar refractivity (Wildman–Crippen MR) is 108 cm³/mol. The summed E-state index contributed by atoms with van der Waals surface area (Å²) >= 11 is 6.08. The SMILES string of the molecule is CCc1nc2ccc(Cl)cn2c1C(=O)NCc1ccc(N(N)CCN)cc1. The molecule has 3 aromatic rings. The highest BCUT2D eigenvalue weighted by atomic mass is 35.5. The highest BCUT2D eigenvalue weighted by Gasteiger charge is 2.18. The third kappa shape index (κ3) is 4.21. The van der Waals surface area contributed by atoms with Crippen LogP contribution in [0.2, 0.25) is 5.02 Å². The van der Waals surface area contributed by atoms with E-state index in [4.69, 9.17) is 23.2 Å². The minimum Gasteiger partial charge on any atom is -0.347 e. The van der Waals surface area contributed by atoms with Crippen LogP contribution in [-0.2, 0) is 13.0 Å². The van der Waals surface area contributed by atoms with E-state index in [0.29, 0.717) is 42.4 Å². The van der Waals surface area contributed by atoms with Gasteiger partial charge in [-0.1, -0.05) is 30.7 Å². The average molecular weight is 387 g/mol. The molecule has 0 aliphatic heterocycles. The number of carbonyl (C=O) groups is 1. The Morgan fingerprint density at radius 1 is 1.26 bits per heavy atom. The van der Waals surface area contributed by atoms with Crippen LogP contribution in [0, 0.1) is 0 Å². The van der Waals surface area contributed by atoms with Gasteiger partial charge in [-0.05, 0) is 36.2 Å². The van der Waals surface area contributed by atoms with E-state index < -0.39 is 0 Å². The highest BCUT2D eigenvalue weighted by molar-refractivity contribution is 6.30.